The molecule has 4 nitrogen and oxygen atoms in total. The van der Waals surface area contributed by atoms with Gasteiger partial charge in [0.15, 0.2) is 6.10 Å². The molecule has 2 rings (SSSR count). The van der Waals surface area contributed by atoms with Gasteiger partial charge in [0.05, 0.1) is 7.11 Å². The van der Waals surface area contributed by atoms with E-state index in [0.29, 0.717) is 17.3 Å². The van der Waals surface area contributed by atoms with E-state index in [1.54, 1.807) is 38.3 Å². The number of hydrogen-bond acceptors (Lipinski definition) is 3. The Balaban J connectivity index is 1.70. The van der Waals surface area contributed by atoms with Crippen molar-refractivity contribution in [2.24, 2.45) is 0 Å². The topological polar surface area (TPSA) is 47.6 Å². The summed E-state index contributed by atoms with van der Waals surface area (Å²) in [6, 6.07) is 15.0. The zero-order valence-electron chi connectivity index (χ0n) is 13.9. The zero-order chi connectivity index (χ0) is 17.4. The second-order valence-electron chi connectivity index (χ2n) is 5.46. The summed E-state index contributed by atoms with van der Waals surface area (Å²) in [5, 5.41) is 3.47. The van der Waals surface area contributed by atoms with Crippen LogP contribution in [0.25, 0.3) is 0 Å². The summed E-state index contributed by atoms with van der Waals surface area (Å²) in [4.78, 5) is 12.0. The smallest absolute Gasteiger partial charge is 0.260 e. The minimum atomic E-state index is -0.565. The van der Waals surface area contributed by atoms with Crippen LogP contribution in [0.1, 0.15) is 18.9 Å². The second kappa shape index (κ2) is 9.18. The van der Waals surface area contributed by atoms with Crippen LogP contribution in [-0.2, 0) is 11.2 Å². The Hall–Kier alpha value is -2.20. The molecule has 0 fully saturated rings. The number of rotatable bonds is 8. The number of hydrogen-bond donors (Lipinski definition) is 1. The highest BCUT2D eigenvalue weighted by molar-refractivity contribution is 6.30. The number of benzene rings is 2. The lowest BCUT2D eigenvalue weighted by molar-refractivity contribution is -0.127. The van der Waals surface area contributed by atoms with Gasteiger partial charge >= 0.3 is 0 Å². The van der Waals surface area contributed by atoms with E-state index < -0.39 is 6.10 Å². The van der Waals surface area contributed by atoms with E-state index in [2.05, 4.69) is 5.32 Å². The summed E-state index contributed by atoms with van der Waals surface area (Å²) < 4.78 is 10.7. The van der Waals surface area contributed by atoms with E-state index in [4.69, 9.17) is 21.1 Å². The minimum absolute atomic E-state index is 0.135. The SMILES string of the molecule is COc1ccc(CCCNC(=O)C(C)Oc2cccc(Cl)c2)cc1. The second-order valence-corrected chi connectivity index (χ2v) is 5.90. The predicted molar refractivity (Wildman–Crippen MR) is 95.9 cm³/mol. The van der Waals surface area contributed by atoms with Gasteiger partial charge in [0, 0.05) is 11.6 Å². The average molecular weight is 348 g/mol. The van der Waals surface area contributed by atoms with Crippen molar-refractivity contribution in [1.29, 1.82) is 0 Å². The molecule has 0 radical (unpaired) electrons. The third-order valence-corrected chi connectivity index (χ3v) is 3.81. The van der Waals surface area contributed by atoms with Gasteiger partial charge in [0.2, 0.25) is 0 Å². The molecule has 0 aliphatic rings. The Labute approximate surface area is 147 Å². The van der Waals surface area contributed by atoms with Gasteiger partial charge in [-0.15, -0.1) is 0 Å². The van der Waals surface area contributed by atoms with Crippen LogP contribution in [0.2, 0.25) is 5.02 Å². The van der Waals surface area contributed by atoms with E-state index in [9.17, 15) is 4.79 Å². The van der Waals surface area contributed by atoms with Crippen molar-refractivity contribution in [3.05, 3.63) is 59.1 Å². The monoisotopic (exact) mass is 347 g/mol. The number of ether oxygens (including phenoxy) is 2. The van der Waals surface area contributed by atoms with Gasteiger partial charge in [0.25, 0.3) is 5.91 Å². The molecular formula is C19H22ClNO3. The first-order valence-electron chi connectivity index (χ1n) is 7.91. The number of nitrogens with one attached hydrogen (secondary N) is 1. The van der Waals surface area contributed by atoms with Gasteiger partial charge in [-0.3, -0.25) is 4.79 Å². The number of halogens is 1. The maximum absolute atomic E-state index is 12.0. The van der Waals surface area contributed by atoms with E-state index in [-0.39, 0.29) is 5.91 Å². The third kappa shape index (κ3) is 5.78. The summed E-state index contributed by atoms with van der Waals surface area (Å²) in [5.41, 5.74) is 1.22. The quantitative estimate of drug-likeness (QED) is 0.737. The molecule has 1 atom stereocenters. The molecule has 2 aromatic carbocycles. The molecule has 0 bridgehead atoms. The molecule has 24 heavy (non-hydrogen) atoms. The van der Waals surface area contributed by atoms with Crippen molar-refractivity contribution in [2.45, 2.75) is 25.9 Å². The van der Waals surface area contributed by atoms with Crippen LogP contribution >= 0.6 is 11.6 Å². The number of amides is 1. The molecule has 0 saturated carbocycles. The third-order valence-electron chi connectivity index (χ3n) is 3.58. The molecular weight excluding hydrogens is 326 g/mol. The van der Waals surface area contributed by atoms with Crippen molar-refractivity contribution in [3.8, 4) is 11.5 Å². The first-order chi connectivity index (χ1) is 11.6. The number of carbonyl (C=O) groups is 1. The van der Waals surface area contributed by atoms with Gasteiger partial charge in [-0.2, -0.15) is 0 Å². The normalized spacial score (nSPS) is 11.6. The van der Waals surface area contributed by atoms with Gasteiger partial charge < -0.3 is 14.8 Å². The molecule has 1 unspecified atom stereocenters. The Bertz CT molecular complexity index is 658. The lowest BCUT2D eigenvalue weighted by Gasteiger charge is -2.15. The summed E-state index contributed by atoms with van der Waals surface area (Å²) in [7, 11) is 1.65. The highest BCUT2D eigenvalue weighted by Crippen LogP contribution is 2.18. The molecule has 2 aromatic rings. The number of methoxy groups -OCH3 is 1. The molecule has 1 amide bonds. The van der Waals surface area contributed by atoms with Gasteiger partial charge in [-0.1, -0.05) is 29.8 Å². The highest BCUT2D eigenvalue weighted by Gasteiger charge is 2.14. The molecule has 0 spiro atoms. The Morgan fingerprint density at radius 3 is 2.58 bits per heavy atom. The fraction of sp³-hybridized carbons (Fsp3) is 0.316. The van der Waals surface area contributed by atoms with Crippen LogP contribution < -0.4 is 14.8 Å². The number of aryl methyl sites for hydroxylation is 1. The van der Waals surface area contributed by atoms with Crippen LogP contribution in [0.15, 0.2) is 48.5 Å². The van der Waals surface area contributed by atoms with Crippen molar-refractivity contribution < 1.29 is 14.3 Å². The molecule has 128 valence electrons. The van der Waals surface area contributed by atoms with Crippen LogP contribution in [0.3, 0.4) is 0 Å². The fourth-order valence-corrected chi connectivity index (χ4v) is 2.42. The van der Waals surface area contributed by atoms with Gasteiger partial charge in [-0.25, -0.2) is 0 Å². The molecule has 0 aromatic heterocycles. The maximum Gasteiger partial charge on any atom is 0.260 e. The summed E-state index contributed by atoms with van der Waals surface area (Å²) in [6.45, 7) is 2.33. The number of carbonyl (C=O) groups excluding carboxylic acids is 1. The van der Waals surface area contributed by atoms with Crippen LogP contribution in [0, 0.1) is 0 Å². The predicted octanol–water partition coefficient (Wildman–Crippen LogP) is 3.86. The molecule has 0 aliphatic carbocycles. The summed E-state index contributed by atoms with van der Waals surface area (Å²) in [5.74, 6) is 1.30. The van der Waals surface area contributed by atoms with Crippen molar-refractivity contribution >= 4 is 17.5 Å². The molecule has 1 N–H and O–H groups in total. The first-order valence-corrected chi connectivity index (χ1v) is 8.29. The molecule has 0 heterocycles. The zero-order valence-corrected chi connectivity index (χ0v) is 14.7. The average Bonchev–Trinajstić information content (AvgIpc) is 2.59. The Kier molecular flexibility index (Phi) is 6.94. The summed E-state index contributed by atoms with van der Waals surface area (Å²) in [6.07, 6.45) is 1.19. The van der Waals surface area contributed by atoms with Gasteiger partial charge in [0.1, 0.15) is 11.5 Å². The Morgan fingerprint density at radius 1 is 1.17 bits per heavy atom. The van der Waals surface area contributed by atoms with Crippen LogP contribution in [-0.4, -0.2) is 25.7 Å². The molecule has 5 heteroatoms. The fourth-order valence-electron chi connectivity index (χ4n) is 2.24. The van der Waals surface area contributed by atoms with Crippen molar-refractivity contribution in [1.82, 2.24) is 5.32 Å². The van der Waals surface area contributed by atoms with Crippen LogP contribution in [0.5, 0.6) is 11.5 Å². The lowest BCUT2D eigenvalue weighted by Crippen LogP contribution is -2.36. The maximum atomic E-state index is 12.0. The van der Waals surface area contributed by atoms with Crippen molar-refractivity contribution in [2.75, 3.05) is 13.7 Å². The first kappa shape index (κ1) is 18.1. The standard InChI is InChI=1S/C19H22ClNO3/c1-14(24-18-7-3-6-16(20)13-18)19(22)21-12-4-5-15-8-10-17(23-2)11-9-15/h3,6-11,13-14H,4-5,12H2,1-2H3,(H,21,22). The van der Waals surface area contributed by atoms with Crippen molar-refractivity contribution in [3.63, 3.8) is 0 Å². The minimum Gasteiger partial charge on any atom is -0.497 e. The summed E-state index contributed by atoms with van der Waals surface area (Å²) >= 11 is 5.90. The van der Waals surface area contributed by atoms with E-state index in [0.717, 1.165) is 18.6 Å². The van der Waals surface area contributed by atoms with E-state index in [1.807, 2.05) is 24.3 Å². The van der Waals surface area contributed by atoms with E-state index in [1.165, 1.54) is 5.56 Å². The van der Waals surface area contributed by atoms with E-state index >= 15 is 0 Å². The molecule has 0 saturated heterocycles. The van der Waals surface area contributed by atoms with Crippen LogP contribution in [0.4, 0.5) is 0 Å². The highest BCUT2D eigenvalue weighted by atomic mass is 35.5. The Morgan fingerprint density at radius 2 is 1.92 bits per heavy atom. The largest absolute Gasteiger partial charge is 0.497 e. The lowest BCUT2D eigenvalue weighted by atomic mass is 10.1. The van der Waals surface area contributed by atoms with Gasteiger partial charge in [-0.05, 0) is 55.7 Å². The molecule has 0 aliphatic heterocycles.